The Labute approximate surface area is 117 Å². The summed E-state index contributed by atoms with van der Waals surface area (Å²) in [5.41, 5.74) is 5.93. The Kier molecular flexibility index (Phi) is 5.75. The highest BCUT2D eigenvalue weighted by Gasteiger charge is 2.22. The number of carbonyl (C=O) groups is 2. The molecule has 4 N–H and O–H groups in total. The van der Waals surface area contributed by atoms with Crippen molar-refractivity contribution >= 4 is 29.9 Å². The number of benzene rings is 1. The van der Waals surface area contributed by atoms with Crippen molar-refractivity contribution in [2.24, 2.45) is 5.73 Å². The molecule has 0 saturated carbocycles. The lowest BCUT2D eigenvalue weighted by atomic mass is 10.1. The standard InChI is InChI=1S/C12H15N3O3.ClH/c13-11(16)8-3-1-2-4-9(8)15-12(17)10-7-14-5-6-18-10;/h1-4,10,14H,5-7H2,(H2,13,16)(H,15,17);1H. The lowest BCUT2D eigenvalue weighted by Gasteiger charge is -2.23. The summed E-state index contributed by atoms with van der Waals surface area (Å²) in [6.07, 6.45) is -0.542. The lowest BCUT2D eigenvalue weighted by Crippen LogP contribution is -2.45. The molecule has 6 nitrogen and oxygen atoms in total. The van der Waals surface area contributed by atoms with Crippen molar-refractivity contribution in [2.45, 2.75) is 6.10 Å². The number of amides is 2. The van der Waals surface area contributed by atoms with E-state index >= 15 is 0 Å². The van der Waals surface area contributed by atoms with Crippen LogP contribution in [0.1, 0.15) is 10.4 Å². The monoisotopic (exact) mass is 285 g/mol. The summed E-state index contributed by atoms with van der Waals surface area (Å²) < 4.78 is 5.32. The van der Waals surface area contributed by atoms with Gasteiger partial charge in [0, 0.05) is 13.1 Å². The summed E-state index contributed by atoms with van der Waals surface area (Å²) in [6.45, 7) is 1.70. The third kappa shape index (κ3) is 3.92. The maximum Gasteiger partial charge on any atom is 0.254 e. The Bertz CT molecular complexity index is 461. The van der Waals surface area contributed by atoms with Crippen molar-refractivity contribution in [3.05, 3.63) is 29.8 Å². The summed E-state index contributed by atoms with van der Waals surface area (Å²) in [5, 5.41) is 5.72. The Balaban J connectivity index is 0.00000180. The molecule has 1 unspecified atom stereocenters. The van der Waals surface area contributed by atoms with Gasteiger partial charge in [-0.3, -0.25) is 9.59 Å². The number of anilines is 1. The molecule has 1 atom stereocenters. The first-order valence-corrected chi connectivity index (χ1v) is 5.70. The molecule has 1 saturated heterocycles. The van der Waals surface area contributed by atoms with E-state index in [1.165, 1.54) is 0 Å². The van der Waals surface area contributed by atoms with Crippen LogP contribution in [0.25, 0.3) is 0 Å². The van der Waals surface area contributed by atoms with E-state index in [0.717, 1.165) is 6.54 Å². The number of morpholine rings is 1. The second-order valence-corrected chi connectivity index (χ2v) is 3.96. The summed E-state index contributed by atoms with van der Waals surface area (Å²) in [4.78, 5) is 23.1. The van der Waals surface area contributed by atoms with Gasteiger partial charge in [-0.05, 0) is 12.1 Å². The average Bonchev–Trinajstić information content (AvgIpc) is 2.40. The molecule has 0 spiro atoms. The maximum atomic E-state index is 11.9. The molecular formula is C12H16ClN3O3. The van der Waals surface area contributed by atoms with E-state index in [9.17, 15) is 9.59 Å². The van der Waals surface area contributed by atoms with Crippen molar-refractivity contribution < 1.29 is 14.3 Å². The molecule has 0 aromatic heterocycles. The highest BCUT2D eigenvalue weighted by Crippen LogP contribution is 2.15. The molecule has 1 aliphatic heterocycles. The van der Waals surface area contributed by atoms with E-state index in [-0.39, 0.29) is 23.9 Å². The number of carbonyl (C=O) groups excluding carboxylic acids is 2. The molecule has 2 rings (SSSR count). The van der Waals surface area contributed by atoms with Crippen LogP contribution >= 0.6 is 12.4 Å². The first kappa shape index (κ1) is 15.4. The van der Waals surface area contributed by atoms with Crippen LogP contribution in [0.2, 0.25) is 0 Å². The Morgan fingerprint density at radius 2 is 2.11 bits per heavy atom. The quantitative estimate of drug-likeness (QED) is 0.736. The van der Waals surface area contributed by atoms with Crippen LogP contribution in [-0.2, 0) is 9.53 Å². The third-order valence-corrected chi connectivity index (χ3v) is 2.67. The van der Waals surface area contributed by atoms with Crippen molar-refractivity contribution in [1.82, 2.24) is 5.32 Å². The normalized spacial score (nSPS) is 18.2. The van der Waals surface area contributed by atoms with Crippen LogP contribution < -0.4 is 16.4 Å². The molecule has 1 aliphatic rings. The van der Waals surface area contributed by atoms with Crippen LogP contribution in [0.15, 0.2) is 24.3 Å². The Hall–Kier alpha value is -1.63. The lowest BCUT2D eigenvalue weighted by molar-refractivity contribution is -0.128. The highest BCUT2D eigenvalue weighted by atomic mass is 35.5. The fourth-order valence-electron chi connectivity index (χ4n) is 1.75. The number of halogens is 1. The first-order valence-electron chi connectivity index (χ1n) is 5.70. The number of nitrogens with two attached hydrogens (primary N) is 1. The van der Waals surface area contributed by atoms with Gasteiger partial charge in [0.05, 0.1) is 17.9 Å². The average molecular weight is 286 g/mol. The first-order chi connectivity index (χ1) is 8.68. The highest BCUT2D eigenvalue weighted by molar-refractivity contribution is 6.04. The number of hydrogen-bond acceptors (Lipinski definition) is 4. The van der Waals surface area contributed by atoms with Gasteiger partial charge in [0.25, 0.3) is 11.8 Å². The maximum absolute atomic E-state index is 11.9. The number of primary amides is 1. The minimum Gasteiger partial charge on any atom is -0.366 e. The molecule has 1 aromatic carbocycles. The van der Waals surface area contributed by atoms with Crippen molar-refractivity contribution in [3.63, 3.8) is 0 Å². The number of rotatable bonds is 3. The van der Waals surface area contributed by atoms with Gasteiger partial charge in [-0.1, -0.05) is 12.1 Å². The topological polar surface area (TPSA) is 93.5 Å². The summed E-state index contributed by atoms with van der Waals surface area (Å²) in [7, 11) is 0. The molecule has 19 heavy (non-hydrogen) atoms. The Morgan fingerprint density at radius 3 is 2.74 bits per heavy atom. The van der Waals surface area contributed by atoms with Crippen LogP contribution in [0.3, 0.4) is 0 Å². The number of ether oxygens (including phenoxy) is 1. The minimum atomic E-state index is -0.575. The van der Waals surface area contributed by atoms with Gasteiger partial charge in [0.1, 0.15) is 6.10 Å². The molecule has 0 radical (unpaired) electrons. The molecule has 7 heteroatoms. The Morgan fingerprint density at radius 1 is 1.37 bits per heavy atom. The minimum absolute atomic E-state index is 0. The zero-order chi connectivity index (χ0) is 13.0. The van der Waals surface area contributed by atoms with Crippen molar-refractivity contribution in [2.75, 3.05) is 25.0 Å². The van der Waals surface area contributed by atoms with Gasteiger partial charge in [0.15, 0.2) is 0 Å². The predicted molar refractivity (Wildman–Crippen MR) is 73.4 cm³/mol. The van der Waals surface area contributed by atoms with E-state index in [4.69, 9.17) is 10.5 Å². The molecule has 0 bridgehead atoms. The molecule has 0 aliphatic carbocycles. The molecule has 2 amide bonds. The van der Waals surface area contributed by atoms with Crippen LogP contribution in [0.5, 0.6) is 0 Å². The van der Waals surface area contributed by atoms with E-state index in [1.54, 1.807) is 24.3 Å². The second kappa shape index (κ2) is 7.08. The second-order valence-electron chi connectivity index (χ2n) is 3.96. The molecular weight excluding hydrogens is 270 g/mol. The number of hydrogen-bond donors (Lipinski definition) is 3. The van der Waals surface area contributed by atoms with Crippen LogP contribution in [0.4, 0.5) is 5.69 Å². The van der Waals surface area contributed by atoms with Gasteiger partial charge in [0.2, 0.25) is 0 Å². The van der Waals surface area contributed by atoms with Gasteiger partial charge < -0.3 is 21.1 Å². The zero-order valence-corrected chi connectivity index (χ0v) is 11.0. The van der Waals surface area contributed by atoms with E-state index < -0.39 is 12.0 Å². The summed E-state index contributed by atoms with van der Waals surface area (Å²) in [6, 6.07) is 6.61. The smallest absolute Gasteiger partial charge is 0.254 e. The van der Waals surface area contributed by atoms with Gasteiger partial charge in [-0.2, -0.15) is 0 Å². The SMILES string of the molecule is Cl.NC(=O)c1ccccc1NC(=O)C1CNCCO1. The van der Waals surface area contributed by atoms with E-state index in [1.807, 2.05) is 0 Å². The fraction of sp³-hybridized carbons (Fsp3) is 0.333. The molecule has 1 fully saturated rings. The third-order valence-electron chi connectivity index (χ3n) is 2.67. The summed E-state index contributed by atoms with van der Waals surface area (Å²) >= 11 is 0. The van der Waals surface area contributed by atoms with E-state index in [0.29, 0.717) is 18.8 Å². The summed E-state index contributed by atoms with van der Waals surface area (Å²) in [5.74, 6) is -0.857. The van der Waals surface area contributed by atoms with Crippen LogP contribution in [0, 0.1) is 0 Å². The van der Waals surface area contributed by atoms with Gasteiger partial charge in [-0.25, -0.2) is 0 Å². The molecule has 1 heterocycles. The zero-order valence-electron chi connectivity index (χ0n) is 10.2. The molecule has 1 aromatic rings. The largest absolute Gasteiger partial charge is 0.366 e. The van der Waals surface area contributed by atoms with Gasteiger partial charge >= 0.3 is 0 Å². The van der Waals surface area contributed by atoms with Gasteiger partial charge in [-0.15, -0.1) is 12.4 Å². The fourth-order valence-corrected chi connectivity index (χ4v) is 1.75. The van der Waals surface area contributed by atoms with Crippen molar-refractivity contribution in [3.8, 4) is 0 Å². The van der Waals surface area contributed by atoms with Crippen molar-refractivity contribution in [1.29, 1.82) is 0 Å². The van der Waals surface area contributed by atoms with Crippen LogP contribution in [-0.4, -0.2) is 37.6 Å². The van der Waals surface area contributed by atoms with E-state index in [2.05, 4.69) is 10.6 Å². The number of nitrogens with one attached hydrogen (secondary N) is 2. The number of para-hydroxylation sites is 1. The predicted octanol–water partition coefficient (Wildman–Crippen LogP) is 0.134. The molecule has 104 valence electrons.